The molecule has 0 radical (unpaired) electrons. The molecule has 0 spiro atoms. The molecule has 1 aromatic carbocycles. The van der Waals surface area contributed by atoms with Crippen LogP contribution in [0.5, 0.6) is 11.5 Å². The second-order valence-corrected chi connectivity index (χ2v) is 3.62. The number of halogens is 1. The molecule has 0 N–H and O–H groups in total. The number of esters is 1. The summed E-state index contributed by atoms with van der Waals surface area (Å²) in [5, 5.41) is 0. The Balaban J connectivity index is 3.22. The van der Waals surface area contributed by atoms with Crippen molar-refractivity contribution in [3.05, 3.63) is 23.5 Å². The van der Waals surface area contributed by atoms with Gasteiger partial charge in [-0.25, -0.2) is 4.79 Å². The minimum atomic E-state index is -0.705. The molecular formula is C12H15FO4. The van der Waals surface area contributed by atoms with Gasteiger partial charge in [-0.2, -0.15) is 4.39 Å². The van der Waals surface area contributed by atoms with E-state index in [1.165, 1.54) is 26.4 Å². The first-order chi connectivity index (χ1) is 8.01. The van der Waals surface area contributed by atoms with E-state index in [4.69, 9.17) is 9.47 Å². The fourth-order valence-corrected chi connectivity index (χ4v) is 1.35. The van der Waals surface area contributed by atoms with Crippen LogP contribution in [0.15, 0.2) is 12.1 Å². The topological polar surface area (TPSA) is 44.8 Å². The molecule has 4 nitrogen and oxygen atoms in total. The summed E-state index contributed by atoms with van der Waals surface area (Å²) in [5.74, 6) is -1.49. The summed E-state index contributed by atoms with van der Waals surface area (Å²) in [7, 11) is 2.50. The zero-order chi connectivity index (χ0) is 13.0. The highest BCUT2D eigenvalue weighted by molar-refractivity contribution is 5.92. The summed E-state index contributed by atoms with van der Waals surface area (Å²) in [5.41, 5.74) is 0.0311. The van der Waals surface area contributed by atoms with Crippen molar-refractivity contribution in [3.63, 3.8) is 0 Å². The van der Waals surface area contributed by atoms with Gasteiger partial charge in [0, 0.05) is 0 Å². The lowest BCUT2D eigenvalue weighted by atomic mass is 10.2. The summed E-state index contributed by atoms with van der Waals surface area (Å²) < 4.78 is 28.6. The first-order valence-corrected chi connectivity index (χ1v) is 5.12. The Kier molecular flexibility index (Phi) is 4.31. The standard InChI is InChI=1S/C12H15FO4/c1-7(2)17-9-6-5-8(12(14)16-4)11(15-3)10(9)13/h5-7H,1-4H3. The quantitative estimate of drug-likeness (QED) is 0.760. The summed E-state index contributed by atoms with van der Waals surface area (Å²) in [4.78, 5) is 11.4. The van der Waals surface area contributed by atoms with Gasteiger partial charge in [0.1, 0.15) is 5.56 Å². The Morgan fingerprint density at radius 1 is 1.29 bits per heavy atom. The van der Waals surface area contributed by atoms with E-state index in [1.54, 1.807) is 13.8 Å². The highest BCUT2D eigenvalue weighted by atomic mass is 19.1. The molecule has 0 aliphatic carbocycles. The fraction of sp³-hybridized carbons (Fsp3) is 0.417. The third-order valence-electron chi connectivity index (χ3n) is 2.03. The van der Waals surface area contributed by atoms with E-state index in [9.17, 15) is 9.18 Å². The Hall–Kier alpha value is -1.78. The maximum atomic E-state index is 13.9. The van der Waals surface area contributed by atoms with E-state index >= 15 is 0 Å². The van der Waals surface area contributed by atoms with Crippen molar-refractivity contribution in [3.8, 4) is 11.5 Å². The van der Waals surface area contributed by atoms with Gasteiger partial charge in [0.2, 0.25) is 5.82 Å². The van der Waals surface area contributed by atoms with Crippen molar-refractivity contribution in [2.24, 2.45) is 0 Å². The number of hydrogen-bond donors (Lipinski definition) is 0. The minimum absolute atomic E-state index is 0.0311. The second kappa shape index (κ2) is 5.52. The van der Waals surface area contributed by atoms with Crippen molar-refractivity contribution in [1.82, 2.24) is 0 Å². The average Bonchev–Trinajstić information content (AvgIpc) is 2.30. The van der Waals surface area contributed by atoms with Crippen molar-refractivity contribution in [1.29, 1.82) is 0 Å². The molecule has 17 heavy (non-hydrogen) atoms. The number of benzene rings is 1. The van der Waals surface area contributed by atoms with Crippen LogP contribution < -0.4 is 9.47 Å². The maximum Gasteiger partial charge on any atom is 0.341 e. The predicted octanol–water partition coefficient (Wildman–Crippen LogP) is 2.41. The molecule has 0 saturated carbocycles. The molecule has 0 bridgehead atoms. The third kappa shape index (κ3) is 2.87. The zero-order valence-electron chi connectivity index (χ0n) is 10.2. The summed E-state index contributed by atoms with van der Waals surface area (Å²) >= 11 is 0. The van der Waals surface area contributed by atoms with Gasteiger partial charge in [0.05, 0.1) is 20.3 Å². The molecule has 0 atom stereocenters. The molecule has 1 rings (SSSR count). The van der Waals surface area contributed by atoms with Crippen molar-refractivity contribution in [2.45, 2.75) is 20.0 Å². The highest BCUT2D eigenvalue weighted by Crippen LogP contribution is 2.31. The molecule has 1 aromatic rings. The van der Waals surface area contributed by atoms with E-state index in [0.29, 0.717) is 0 Å². The van der Waals surface area contributed by atoms with Crippen LogP contribution in [-0.2, 0) is 4.74 Å². The van der Waals surface area contributed by atoms with Gasteiger partial charge in [-0.1, -0.05) is 0 Å². The molecule has 0 unspecified atom stereocenters. The molecule has 0 aliphatic heterocycles. The number of carbonyl (C=O) groups is 1. The second-order valence-electron chi connectivity index (χ2n) is 3.62. The number of methoxy groups -OCH3 is 2. The molecular weight excluding hydrogens is 227 g/mol. The number of ether oxygens (including phenoxy) is 3. The van der Waals surface area contributed by atoms with Crippen LogP contribution in [0.3, 0.4) is 0 Å². The summed E-state index contributed by atoms with van der Waals surface area (Å²) in [6, 6.07) is 2.79. The van der Waals surface area contributed by atoms with Crippen LogP contribution >= 0.6 is 0 Å². The van der Waals surface area contributed by atoms with Gasteiger partial charge >= 0.3 is 5.97 Å². The summed E-state index contributed by atoms with van der Waals surface area (Å²) in [6.07, 6.45) is -0.168. The fourth-order valence-electron chi connectivity index (χ4n) is 1.35. The summed E-state index contributed by atoms with van der Waals surface area (Å²) in [6.45, 7) is 3.56. The average molecular weight is 242 g/mol. The van der Waals surface area contributed by atoms with Crippen LogP contribution in [0, 0.1) is 5.82 Å². The molecule has 0 aromatic heterocycles. The van der Waals surface area contributed by atoms with Crippen LogP contribution in [0.4, 0.5) is 4.39 Å². The largest absolute Gasteiger partial charge is 0.493 e. The van der Waals surface area contributed by atoms with E-state index in [2.05, 4.69) is 4.74 Å². The number of hydrogen-bond acceptors (Lipinski definition) is 4. The van der Waals surface area contributed by atoms with Crippen molar-refractivity contribution in [2.75, 3.05) is 14.2 Å². The lowest BCUT2D eigenvalue weighted by Crippen LogP contribution is -2.10. The molecule has 5 heteroatoms. The van der Waals surface area contributed by atoms with E-state index in [1.807, 2.05) is 0 Å². The molecule has 0 aliphatic rings. The normalized spacial score (nSPS) is 10.2. The molecule has 0 saturated heterocycles. The van der Waals surface area contributed by atoms with E-state index < -0.39 is 11.8 Å². The minimum Gasteiger partial charge on any atom is -0.493 e. The first-order valence-electron chi connectivity index (χ1n) is 5.12. The number of rotatable bonds is 4. The smallest absolute Gasteiger partial charge is 0.341 e. The van der Waals surface area contributed by atoms with Crippen LogP contribution in [0.2, 0.25) is 0 Å². The predicted molar refractivity (Wildman–Crippen MR) is 60.1 cm³/mol. The lowest BCUT2D eigenvalue weighted by molar-refractivity contribution is 0.0596. The van der Waals surface area contributed by atoms with Gasteiger partial charge in [-0.15, -0.1) is 0 Å². The lowest BCUT2D eigenvalue weighted by Gasteiger charge is -2.14. The molecule has 94 valence electrons. The molecule has 0 fully saturated rings. The van der Waals surface area contributed by atoms with Crippen LogP contribution in [0.25, 0.3) is 0 Å². The molecule has 0 amide bonds. The van der Waals surface area contributed by atoms with Gasteiger partial charge in [-0.3, -0.25) is 0 Å². The Bertz CT molecular complexity index is 415. The van der Waals surface area contributed by atoms with Gasteiger partial charge in [-0.05, 0) is 26.0 Å². The maximum absolute atomic E-state index is 13.9. The first kappa shape index (κ1) is 13.3. The molecule has 0 heterocycles. The Labute approximate surface area is 99.3 Å². The van der Waals surface area contributed by atoms with E-state index in [-0.39, 0.29) is 23.2 Å². The third-order valence-corrected chi connectivity index (χ3v) is 2.03. The SMILES string of the molecule is COC(=O)c1ccc(OC(C)C)c(F)c1OC. The van der Waals surface area contributed by atoms with Crippen molar-refractivity contribution >= 4 is 5.97 Å². The Morgan fingerprint density at radius 3 is 2.41 bits per heavy atom. The van der Waals surface area contributed by atoms with Crippen LogP contribution in [-0.4, -0.2) is 26.3 Å². The van der Waals surface area contributed by atoms with Crippen molar-refractivity contribution < 1.29 is 23.4 Å². The van der Waals surface area contributed by atoms with Gasteiger partial charge < -0.3 is 14.2 Å². The van der Waals surface area contributed by atoms with Crippen LogP contribution in [0.1, 0.15) is 24.2 Å². The number of carbonyl (C=O) groups excluding carboxylic acids is 1. The Morgan fingerprint density at radius 2 is 1.94 bits per heavy atom. The highest BCUT2D eigenvalue weighted by Gasteiger charge is 2.20. The van der Waals surface area contributed by atoms with Gasteiger partial charge in [0.15, 0.2) is 11.5 Å². The van der Waals surface area contributed by atoms with Gasteiger partial charge in [0.25, 0.3) is 0 Å². The zero-order valence-corrected chi connectivity index (χ0v) is 10.2. The monoisotopic (exact) mass is 242 g/mol. The van der Waals surface area contributed by atoms with E-state index in [0.717, 1.165) is 0 Å².